The zero-order valence-corrected chi connectivity index (χ0v) is 20.6. The third kappa shape index (κ3) is 7.24. The summed E-state index contributed by atoms with van der Waals surface area (Å²) in [6.07, 6.45) is 2.63. The molecule has 10 nitrogen and oxygen atoms in total. The summed E-state index contributed by atoms with van der Waals surface area (Å²) in [6, 6.07) is 20.2. The summed E-state index contributed by atoms with van der Waals surface area (Å²) in [4.78, 5) is 22.0. The van der Waals surface area contributed by atoms with Gasteiger partial charge in [0.15, 0.2) is 0 Å². The van der Waals surface area contributed by atoms with Crippen LogP contribution in [0.5, 0.6) is 0 Å². The molecule has 192 valence electrons. The molecule has 1 saturated heterocycles. The minimum Gasteiger partial charge on any atom is -0.412 e. The van der Waals surface area contributed by atoms with Crippen LogP contribution in [0.4, 0.5) is 0 Å². The van der Waals surface area contributed by atoms with Crippen molar-refractivity contribution in [3.05, 3.63) is 84.2 Å². The number of pyridine rings is 1. The molecule has 3 aromatic rings. The molecule has 1 amide bonds. The van der Waals surface area contributed by atoms with Crippen LogP contribution in [0, 0.1) is 6.92 Å². The molecule has 1 aromatic heterocycles. The number of piperidine rings is 1. The van der Waals surface area contributed by atoms with Gasteiger partial charge in [0.2, 0.25) is 11.1 Å². The van der Waals surface area contributed by atoms with Crippen LogP contribution in [0.1, 0.15) is 28.9 Å². The number of nitrogens with zero attached hydrogens (tertiary/aromatic N) is 2. The van der Waals surface area contributed by atoms with E-state index >= 15 is 0 Å². The van der Waals surface area contributed by atoms with Crippen molar-refractivity contribution in [1.29, 1.82) is 0 Å². The van der Waals surface area contributed by atoms with Gasteiger partial charge < -0.3 is 10.8 Å². The Morgan fingerprint density at radius 1 is 1.11 bits per heavy atom. The van der Waals surface area contributed by atoms with E-state index in [1.807, 2.05) is 31.2 Å². The van der Waals surface area contributed by atoms with Crippen molar-refractivity contribution in [3.8, 4) is 11.1 Å². The van der Waals surface area contributed by atoms with Crippen LogP contribution in [-0.2, 0) is 20.2 Å². The van der Waals surface area contributed by atoms with Crippen LogP contribution in [0.3, 0.4) is 0 Å². The van der Waals surface area contributed by atoms with Crippen LogP contribution in [0.25, 0.3) is 11.1 Å². The molecule has 5 N–H and O–H groups in total. The minimum atomic E-state index is -1.74. The van der Waals surface area contributed by atoms with E-state index in [-0.39, 0.29) is 30.1 Å². The molecule has 0 radical (unpaired) electrons. The zero-order valence-electron chi connectivity index (χ0n) is 19.8. The van der Waals surface area contributed by atoms with Crippen molar-refractivity contribution < 1.29 is 28.8 Å². The van der Waals surface area contributed by atoms with Crippen molar-refractivity contribution in [3.63, 3.8) is 0 Å². The maximum Gasteiger partial charge on any atom is 0.270 e. The normalized spacial score (nSPS) is 18.7. The van der Waals surface area contributed by atoms with Crippen LogP contribution in [0.2, 0.25) is 0 Å². The topological polar surface area (TPSA) is 145 Å². The Bertz CT molecular complexity index is 1130. The van der Waals surface area contributed by atoms with Crippen LogP contribution < -0.4 is 11.0 Å². The summed E-state index contributed by atoms with van der Waals surface area (Å²) in [5.41, 5.74) is 5.31. The third-order valence-corrected chi connectivity index (χ3v) is 6.81. The highest BCUT2D eigenvalue weighted by atomic mass is 32.2. The van der Waals surface area contributed by atoms with Crippen LogP contribution in [-0.4, -0.2) is 56.1 Å². The first-order valence-electron chi connectivity index (χ1n) is 11.3. The van der Waals surface area contributed by atoms with Gasteiger partial charge in [0.05, 0.1) is 17.5 Å². The van der Waals surface area contributed by atoms with Gasteiger partial charge in [-0.1, -0.05) is 53.7 Å². The van der Waals surface area contributed by atoms with Gasteiger partial charge in [0, 0.05) is 18.8 Å². The van der Waals surface area contributed by atoms with Crippen molar-refractivity contribution in [2.24, 2.45) is 0 Å². The Labute approximate surface area is 212 Å². The second-order valence-corrected chi connectivity index (χ2v) is 9.40. The van der Waals surface area contributed by atoms with Gasteiger partial charge in [-0.2, -0.15) is 9.35 Å². The van der Waals surface area contributed by atoms with Gasteiger partial charge in [0.1, 0.15) is 5.69 Å². The van der Waals surface area contributed by atoms with E-state index in [1.165, 1.54) is 5.56 Å². The van der Waals surface area contributed by atoms with E-state index in [2.05, 4.69) is 22.4 Å². The number of hydrogen-bond donors (Lipinski definition) is 3. The lowest BCUT2D eigenvalue weighted by Gasteiger charge is -2.37. The molecule has 0 spiro atoms. The maximum atomic E-state index is 12.9. The highest BCUT2D eigenvalue weighted by molar-refractivity contribution is 7.80. The van der Waals surface area contributed by atoms with Crippen molar-refractivity contribution in [1.82, 2.24) is 21.0 Å². The Hall–Kier alpha value is -3.03. The van der Waals surface area contributed by atoms with Gasteiger partial charge >= 0.3 is 0 Å². The number of benzene rings is 2. The van der Waals surface area contributed by atoms with Gasteiger partial charge in [-0.15, -0.1) is 0 Å². The van der Waals surface area contributed by atoms with E-state index in [0.29, 0.717) is 30.0 Å². The lowest BCUT2D eigenvalue weighted by Crippen LogP contribution is -2.52. The van der Waals surface area contributed by atoms with Crippen molar-refractivity contribution in [2.45, 2.75) is 36.7 Å². The zero-order chi connectivity index (χ0) is 24.6. The number of aromatic nitrogens is 1. The average Bonchev–Trinajstić information content (AvgIpc) is 2.89. The molecule has 3 unspecified atom stereocenters. The first kappa shape index (κ1) is 27.6. The Morgan fingerprint density at radius 3 is 2.44 bits per heavy atom. The first-order chi connectivity index (χ1) is 17.0. The molecular weight excluding hydrogens is 484 g/mol. The first-order valence-corrected chi connectivity index (χ1v) is 12.4. The summed E-state index contributed by atoms with van der Waals surface area (Å²) < 4.78 is 18.7. The highest BCUT2D eigenvalue weighted by Crippen LogP contribution is 2.24. The molecule has 11 heteroatoms. The van der Waals surface area contributed by atoms with E-state index in [1.54, 1.807) is 47.2 Å². The van der Waals surface area contributed by atoms with Gasteiger partial charge in [-0.25, -0.2) is 4.21 Å². The molecule has 36 heavy (non-hydrogen) atoms. The summed E-state index contributed by atoms with van der Waals surface area (Å²) in [5.74, 6) is -0.262. The number of carbonyl (C=O) groups is 1. The molecule has 2 heterocycles. The van der Waals surface area contributed by atoms with E-state index in [0.717, 1.165) is 11.1 Å². The summed E-state index contributed by atoms with van der Waals surface area (Å²) in [5, 5.41) is 13.4. The molecule has 2 aromatic carbocycles. The van der Waals surface area contributed by atoms with Crippen molar-refractivity contribution >= 4 is 17.0 Å². The quantitative estimate of drug-likeness (QED) is 0.369. The molecule has 3 atom stereocenters. The molecule has 0 saturated carbocycles. The predicted octanol–water partition coefficient (Wildman–Crippen LogP) is 2.36. The number of amides is 1. The van der Waals surface area contributed by atoms with Crippen LogP contribution in [0.15, 0.2) is 77.8 Å². The van der Waals surface area contributed by atoms with E-state index in [4.69, 9.17) is 14.3 Å². The van der Waals surface area contributed by atoms with Crippen molar-refractivity contribution in [2.75, 3.05) is 13.2 Å². The number of rotatable bonds is 9. The molecule has 1 fully saturated rings. The Kier molecular flexibility index (Phi) is 10.2. The number of hydroxylamine groups is 2. The number of carbonyl (C=O) groups excluding carboxylic acids is 1. The number of hydrogen-bond acceptors (Lipinski definition) is 8. The lowest BCUT2D eigenvalue weighted by molar-refractivity contribution is -0.179. The lowest BCUT2D eigenvalue weighted by atomic mass is 9.99. The number of aryl methyl sites for hydroxylation is 1. The standard InChI is InChI=1S/C25H28N4O5S.H2O/c1-18-5-7-19(8-6-18)20-9-11-23(12-10-20)35(32)34-29-15-13-21(16-22(29)17-33-28-31)27-25(30)24-4-2-3-14-26-24;/h2-12,14,21-22,28,31H,13,15-17H2,1H3,(H,27,30);1H2. The third-order valence-electron chi connectivity index (χ3n) is 5.83. The summed E-state index contributed by atoms with van der Waals surface area (Å²) in [6.45, 7) is 2.52. The van der Waals surface area contributed by atoms with Gasteiger partial charge in [-0.05, 0) is 55.2 Å². The molecule has 1 aliphatic rings. The summed E-state index contributed by atoms with van der Waals surface area (Å²) >= 11 is -1.74. The summed E-state index contributed by atoms with van der Waals surface area (Å²) in [7, 11) is 0. The fourth-order valence-electron chi connectivity index (χ4n) is 3.93. The van der Waals surface area contributed by atoms with Gasteiger partial charge in [-0.3, -0.25) is 19.8 Å². The molecule has 4 rings (SSSR count). The monoisotopic (exact) mass is 514 g/mol. The molecule has 1 aliphatic heterocycles. The average molecular weight is 515 g/mol. The van der Waals surface area contributed by atoms with Gasteiger partial charge in [0.25, 0.3) is 5.91 Å². The van der Waals surface area contributed by atoms with E-state index in [9.17, 15) is 9.00 Å². The minimum absolute atomic E-state index is 0. The second-order valence-electron chi connectivity index (χ2n) is 8.31. The largest absolute Gasteiger partial charge is 0.412 e. The van der Waals surface area contributed by atoms with Crippen LogP contribution >= 0.6 is 0 Å². The molecule has 0 bridgehead atoms. The SMILES string of the molecule is Cc1ccc(-c2ccc(S(=O)ON3CCC(NC(=O)c4ccccn4)CC3CONO)cc2)cc1.O. The molecule has 0 aliphatic carbocycles. The predicted molar refractivity (Wildman–Crippen MR) is 134 cm³/mol. The maximum absolute atomic E-state index is 12.9. The smallest absolute Gasteiger partial charge is 0.270 e. The molecular formula is C25H30N4O6S. The number of nitrogens with one attached hydrogen (secondary N) is 2. The second kappa shape index (κ2) is 13.3. The Morgan fingerprint density at radius 2 is 1.81 bits per heavy atom. The highest BCUT2D eigenvalue weighted by Gasteiger charge is 2.32. The van der Waals surface area contributed by atoms with E-state index < -0.39 is 11.1 Å². The fourth-order valence-corrected chi connectivity index (χ4v) is 4.75. The Balaban J connectivity index is 0.00000361. The fraction of sp³-hybridized carbons (Fsp3) is 0.280.